The van der Waals surface area contributed by atoms with E-state index in [1.54, 1.807) is 12.0 Å². The van der Waals surface area contributed by atoms with Crippen LogP contribution in [0.5, 0.6) is 5.75 Å². The van der Waals surface area contributed by atoms with Crippen molar-refractivity contribution < 1.29 is 18.8 Å². The summed E-state index contributed by atoms with van der Waals surface area (Å²) in [7, 11) is 1.62. The van der Waals surface area contributed by atoms with Gasteiger partial charge in [0, 0.05) is 24.6 Å². The highest BCUT2D eigenvalue weighted by Gasteiger charge is 2.34. The number of carbonyl (C=O) groups is 2. The molecule has 0 bridgehead atoms. The van der Waals surface area contributed by atoms with Crippen LogP contribution in [0, 0.1) is 5.92 Å². The minimum atomic E-state index is -0.275. The first-order chi connectivity index (χ1) is 17.5. The van der Waals surface area contributed by atoms with Crippen LogP contribution in [0.2, 0.25) is 0 Å². The highest BCUT2D eigenvalue weighted by atomic mass is 16.5. The van der Waals surface area contributed by atoms with Gasteiger partial charge < -0.3 is 19.1 Å². The van der Waals surface area contributed by atoms with Crippen molar-refractivity contribution in [2.45, 2.75) is 84.6 Å². The Balaban J connectivity index is 1.76. The Labute approximate surface area is 215 Å². The van der Waals surface area contributed by atoms with Crippen molar-refractivity contribution in [3.8, 4) is 17.1 Å². The molecule has 0 spiro atoms. The number of aromatic nitrogens is 2. The van der Waals surface area contributed by atoms with E-state index in [0.717, 1.165) is 69.1 Å². The molecule has 2 unspecified atom stereocenters. The van der Waals surface area contributed by atoms with Gasteiger partial charge in [0.1, 0.15) is 11.8 Å². The topological polar surface area (TPSA) is 88.8 Å². The molecule has 36 heavy (non-hydrogen) atoms. The van der Waals surface area contributed by atoms with Crippen molar-refractivity contribution in [1.82, 2.24) is 19.9 Å². The Hall–Kier alpha value is -2.90. The molecule has 1 aliphatic rings. The molecule has 2 amide bonds. The molecule has 2 aromatic rings. The minimum Gasteiger partial charge on any atom is -0.497 e. The van der Waals surface area contributed by atoms with Gasteiger partial charge in [-0.25, -0.2) is 0 Å². The van der Waals surface area contributed by atoms with Crippen molar-refractivity contribution in [2.24, 2.45) is 5.92 Å². The molecule has 198 valence electrons. The van der Waals surface area contributed by atoms with E-state index in [-0.39, 0.29) is 30.3 Å². The van der Waals surface area contributed by atoms with Gasteiger partial charge in [0.25, 0.3) is 0 Å². The first-order valence-corrected chi connectivity index (χ1v) is 13.6. The SMILES string of the molecule is CCCCC(CC)C(=O)N(CCCC)CC(=O)N1CCCCC1c1nc(-c2cccc(OC)c2)no1. The van der Waals surface area contributed by atoms with E-state index in [4.69, 9.17) is 9.26 Å². The molecule has 2 atom stereocenters. The second-order valence-corrected chi connectivity index (χ2v) is 9.65. The molecular weight excluding hydrogens is 456 g/mol. The van der Waals surface area contributed by atoms with Crippen LogP contribution >= 0.6 is 0 Å². The zero-order valence-electron chi connectivity index (χ0n) is 22.4. The standard InChI is InChI=1S/C28H42N4O4/c1-5-8-13-21(7-3)28(34)31(17-9-6-2)20-25(33)32-18-11-10-16-24(32)27-29-26(30-36-27)22-14-12-15-23(19-22)35-4/h12,14-15,19,21,24H,5-11,13,16-18,20H2,1-4H3. The second kappa shape index (κ2) is 14.0. The fourth-order valence-electron chi connectivity index (χ4n) is 4.82. The molecule has 1 saturated heterocycles. The Morgan fingerprint density at radius 2 is 2.00 bits per heavy atom. The van der Waals surface area contributed by atoms with Crippen LogP contribution in [0.4, 0.5) is 0 Å². The maximum Gasteiger partial charge on any atom is 0.249 e. The Bertz CT molecular complexity index is 976. The van der Waals surface area contributed by atoms with Crippen LogP contribution in [0.15, 0.2) is 28.8 Å². The Kier molecular flexibility index (Phi) is 10.8. The molecule has 3 rings (SSSR count). The van der Waals surface area contributed by atoms with Crippen LogP contribution < -0.4 is 4.74 Å². The number of rotatable bonds is 13. The third-order valence-corrected chi connectivity index (χ3v) is 7.05. The highest BCUT2D eigenvalue weighted by molar-refractivity contribution is 5.86. The van der Waals surface area contributed by atoms with Gasteiger partial charge in [-0.15, -0.1) is 0 Å². The number of unbranched alkanes of at least 4 members (excludes halogenated alkanes) is 2. The number of amides is 2. The molecule has 1 aromatic heterocycles. The molecule has 1 aliphatic heterocycles. The summed E-state index contributed by atoms with van der Waals surface area (Å²) in [6.45, 7) is 7.66. The van der Waals surface area contributed by atoms with E-state index < -0.39 is 0 Å². The van der Waals surface area contributed by atoms with E-state index in [2.05, 4.69) is 30.9 Å². The lowest BCUT2D eigenvalue weighted by Gasteiger charge is -2.35. The van der Waals surface area contributed by atoms with Gasteiger partial charge in [-0.1, -0.05) is 57.3 Å². The number of hydrogen-bond acceptors (Lipinski definition) is 6. The molecule has 8 heteroatoms. The fourth-order valence-corrected chi connectivity index (χ4v) is 4.82. The number of carbonyl (C=O) groups excluding carboxylic acids is 2. The average Bonchev–Trinajstić information content (AvgIpc) is 3.41. The Morgan fingerprint density at radius 1 is 1.19 bits per heavy atom. The molecule has 1 aromatic carbocycles. The number of likely N-dealkylation sites (tertiary alicyclic amines) is 1. The molecule has 0 N–H and O–H groups in total. The zero-order chi connectivity index (χ0) is 25.9. The number of benzene rings is 1. The van der Waals surface area contributed by atoms with E-state index in [0.29, 0.717) is 24.8 Å². The van der Waals surface area contributed by atoms with Crippen molar-refractivity contribution >= 4 is 11.8 Å². The van der Waals surface area contributed by atoms with Crippen LogP contribution in [0.25, 0.3) is 11.4 Å². The first kappa shape index (κ1) is 27.7. The summed E-state index contributed by atoms with van der Waals surface area (Å²) in [6, 6.07) is 7.23. The predicted octanol–water partition coefficient (Wildman–Crippen LogP) is 5.64. The summed E-state index contributed by atoms with van der Waals surface area (Å²) in [4.78, 5) is 35.2. The summed E-state index contributed by atoms with van der Waals surface area (Å²) in [5, 5.41) is 4.18. The molecular formula is C28H42N4O4. The van der Waals surface area contributed by atoms with Gasteiger partial charge in [0.05, 0.1) is 13.7 Å². The lowest BCUT2D eigenvalue weighted by atomic mass is 9.97. The van der Waals surface area contributed by atoms with Gasteiger partial charge in [-0.3, -0.25) is 9.59 Å². The van der Waals surface area contributed by atoms with E-state index >= 15 is 0 Å². The minimum absolute atomic E-state index is 0.0203. The van der Waals surface area contributed by atoms with E-state index in [1.165, 1.54) is 0 Å². The maximum atomic E-state index is 13.6. The quantitative estimate of drug-likeness (QED) is 0.355. The largest absolute Gasteiger partial charge is 0.497 e. The monoisotopic (exact) mass is 498 g/mol. The van der Waals surface area contributed by atoms with Crippen LogP contribution in [-0.4, -0.2) is 58.5 Å². The number of nitrogens with zero attached hydrogens (tertiary/aromatic N) is 4. The number of methoxy groups -OCH3 is 1. The summed E-state index contributed by atoms with van der Waals surface area (Å²) >= 11 is 0. The Morgan fingerprint density at radius 3 is 2.72 bits per heavy atom. The number of ether oxygens (including phenoxy) is 1. The zero-order valence-corrected chi connectivity index (χ0v) is 22.4. The number of hydrogen-bond donors (Lipinski definition) is 0. The van der Waals surface area contributed by atoms with Crippen molar-refractivity contribution in [3.05, 3.63) is 30.2 Å². The lowest BCUT2D eigenvalue weighted by Crippen LogP contribution is -2.47. The summed E-state index contributed by atoms with van der Waals surface area (Å²) in [6.07, 6.45) is 8.32. The maximum absolute atomic E-state index is 13.6. The normalized spacial score (nSPS) is 16.6. The molecule has 2 heterocycles. The summed E-state index contributed by atoms with van der Waals surface area (Å²) in [5.74, 6) is 1.68. The first-order valence-electron chi connectivity index (χ1n) is 13.6. The highest BCUT2D eigenvalue weighted by Crippen LogP contribution is 2.32. The summed E-state index contributed by atoms with van der Waals surface area (Å²) in [5.41, 5.74) is 0.798. The molecule has 0 aliphatic carbocycles. The van der Waals surface area contributed by atoms with Gasteiger partial charge in [0.2, 0.25) is 23.5 Å². The van der Waals surface area contributed by atoms with Crippen molar-refractivity contribution in [1.29, 1.82) is 0 Å². The van der Waals surface area contributed by atoms with Crippen LogP contribution in [0.1, 0.15) is 90.5 Å². The summed E-state index contributed by atoms with van der Waals surface area (Å²) < 4.78 is 11.0. The molecule has 0 radical (unpaired) electrons. The van der Waals surface area contributed by atoms with E-state index in [1.807, 2.05) is 29.2 Å². The lowest BCUT2D eigenvalue weighted by molar-refractivity contribution is -0.145. The third-order valence-electron chi connectivity index (χ3n) is 7.05. The fraction of sp³-hybridized carbons (Fsp3) is 0.643. The third kappa shape index (κ3) is 7.08. The van der Waals surface area contributed by atoms with Gasteiger partial charge >= 0.3 is 0 Å². The van der Waals surface area contributed by atoms with Gasteiger partial charge in [0.15, 0.2) is 0 Å². The van der Waals surface area contributed by atoms with Crippen molar-refractivity contribution in [2.75, 3.05) is 26.7 Å². The smallest absolute Gasteiger partial charge is 0.249 e. The second-order valence-electron chi connectivity index (χ2n) is 9.65. The van der Waals surface area contributed by atoms with Crippen molar-refractivity contribution in [3.63, 3.8) is 0 Å². The van der Waals surface area contributed by atoms with E-state index in [9.17, 15) is 9.59 Å². The number of piperidine rings is 1. The molecule has 0 saturated carbocycles. The molecule has 1 fully saturated rings. The average molecular weight is 499 g/mol. The van der Waals surface area contributed by atoms with Crippen LogP contribution in [-0.2, 0) is 9.59 Å². The predicted molar refractivity (Wildman–Crippen MR) is 139 cm³/mol. The van der Waals surface area contributed by atoms with Gasteiger partial charge in [-0.05, 0) is 50.7 Å². The van der Waals surface area contributed by atoms with Crippen LogP contribution in [0.3, 0.4) is 0 Å². The molecule has 8 nitrogen and oxygen atoms in total. The van der Waals surface area contributed by atoms with Gasteiger partial charge in [-0.2, -0.15) is 4.98 Å².